The van der Waals surface area contributed by atoms with Crippen LogP contribution in [0.3, 0.4) is 0 Å². The Bertz CT molecular complexity index is 939. The lowest BCUT2D eigenvalue weighted by Crippen LogP contribution is -2.38. The van der Waals surface area contributed by atoms with Gasteiger partial charge in [0.1, 0.15) is 0 Å². The Hall–Kier alpha value is -3.53. The molecule has 0 radical (unpaired) electrons. The molecule has 1 aliphatic rings. The maximum atomic E-state index is 12.6. The van der Waals surface area contributed by atoms with E-state index in [9.17, 15) is 19.5 Å². The molecule has 10 heteroatoms. The third-order valence-electron chi connectivity index (χ3n) is 5.29. The van der Waals surface area contributed by atoms with E-state index in [1.807, 2.05) is 0 Å². The van der Waals surface area contributed by atoms with Crippen molar-refractivity contribution in [2.75, 3.05) is 50.1 Å². The molecule has 0 spiro atoms. The number of carbonyl (C=O) groups is 3. The van der Waals surface area contributed by atoms with E-state index in [2.05, 4.69) is 25.1 Å². The van der Waals surface area contributed by atoms with Crippen LogP contribution in [-0.4, -0.2) is 77.7 Å². The highest BCUT2D eigenvalue weighted by Crippen LogP contribution is 2.18. The number of aliphatic carboxylic acids is 1. The van der Waals surface area contributed by atoms with E-state index in [1.54, 1.807) is 36.7 Å². The number of nitrogens with zero attached hydrogens (tertiary/aromatic N) is 4. The number of anilines is 2. The quantitative estimate of drug-likeness (QED) is 0.586. The summed E-state index contributed by atoms with van der Waals surface area (Å²) in [6.45, 7) is 3.08. The molecule has 2 N–H and O–H groups in total. The molecule has 0 saturated carbocycles. The minimum Gasteiger partial charge on any atom is -0.481 e. The molecule has 0 aliphatic carbocycles. The third kappa shape index (κ3) is 6.24. The first kappa shape index (κ1) is 23.1. The first-order valence-electron chi connectivity index (χ1n) is 10.4. The van der Waals surface area contributed by atoms with Gasteiger partial charge in [0, 0.05) is 45.0 Å². The maximum Gasteiger partial charge on any atom is 0.339 e. The zero-order valence-electron chi connectivity index (χ0n) is 17.9. The Balaban J connectivity index is 1.58. The highest BCUT2D eigenvalue weighted by molar-refractivity contribution is 6.01. The van der Waals surface area contributed by atoms with Crippen LogP contribution in [0.25, 0.3) is 0 Å². The second-order valence-electron chi connectivity index (χ2n) is 7.51. The lowest BCUT2D eigenvalue weighted by Gasteiger charge is -2.24. The van der Waals surface area contributed by atoms with Gasteiger partial charge in [0.05, 0.1) is 24.3 Å². The molecule has 1 aromatic carbocycles. The van der Waals surface area contributed by atoms with Crippen molar-refractivity contribution in [1.82, 2.24) is 14.9 Å². The Labute approximate surface area is 186 Å². The second-order valence-corrected chi connectivity index (χ2v) is 7.51. The number of hydrogen-bond acceptors (Lipinski definition) is 8. The molecule has 32 heavy (non-hydrogen) atoms. The first-order valence-corrected chi connectivity index (χ1v) is 10.4. The first-order chi connectivity index (χ1) is 15.5. The number of nitrogens with one attached hydrogen (secondary N) is 1. The number of carbonyl (C=O) groups excluding carboxylic acids is 2. The summed E-state index contributed by atoms with van der Waals surface area (Å²) in [5, 5.41) is 12.3. The fourth-order valence-electron chi connectivity index (χ4n) is 3.65. The number of esters is 1. The molecule has 170 valence electrons. The number of carboxylic acids is 1. The Morgan fingerprint density at radius 1 is 1.09 bits per heavy atom. The average molecular weight is 441 g/mol. The number of benzene rings is 1. The third-order valence-corrected chi connectivity index (χ3v) is 5.29. The van der Waals surface area contributed by atoms with Gasteiger partial charge in [-0.1, -0.05) is 12.1 Å². The van der Waals surface area contributed by atoms with Crippen molar-refractivity contribution in [2.24, 2.45) is 5.92 Å². The Morgan fingerprint density at radius 3 is 2.56 bits per heavy atom. The van der Waals surface area contributed by atoms with Crippen molar-refractivity contribution in [3.05, 3.63) is 48.3 Å². The fourth-order valence-corrected chi connectivity index (χ4v) is 3.65. The van der Waals surface area contributed by atoms with Crippen LogP contribution in [0.15, 0.2) is 42.7 Å². The smallest absolute Gasteiger partial charge is 0.339 e. The van der Waals surface area contributed by atoms with Gasteiger partial charge < -0.3 is 25.0 Å². The lowest BCUT2D eigenvalue weighted by atomic mass is 10.0. The maximum absolute atomic E-state index is 12.6. The molecule has 1 atom stereocenters. The standard InChI is InChI=1S/C22H27N5O5/c1-32-21(31)17-6-2-3-7-18(17)25-19(28)14-16(20(29)30)15-26-10-5-11-27(13-12-26)22-23-8-4-9-24-22/h2-4,6-9,16H,5,10-15H2,1H3,(H,25,28)(H,29,30). The van der Waals surface area contributed by atoms with Gasteiger partial charge in [0.15, 0.2) is 0 Å². The number of methoxy groups -OCH3 is 1. The summed E-state index contributed by atoms with van der Waals surface area (Å²) in [7, 11) is 1.26. The molecule has 1 fully saturated rings. The van der Waals surface area contributed by atoms with E-state index in [-0.39, 0.29) is 18.5 Å². The van der Waals surface area contributed by atoms with Gasteiger partial charge in [0.2, 0.25) is 11.9 Å². The molecule has 1 saturated heterocycles. The van der Waals surface area contributed by atoms with E-state index < -0.39 is 23.8 Å². The summed E-state index contributed by atoms with van der Waals surface area (Å²) >= 11 is 0. The minimum atomic E-state index is -1.03. The predicted molar refractivity (Wildman–Crippen MR) is 117 cm³/mol. The van der Waals surface area contributed by atoms with Crippen LogP contribution in [0, 0.1) is 5.92 Å². The zero-order chi connectivity index (χ0) is 22.9. The number of para-hydroxylation sites is 1. The van der Waals surface area contributed by atoms with Gasteiger partial charge in [0.25, 0.3) is 0 Å². The molecule has 1 unspecified atom stereocenters. The van der Waals surface area contributed by atoms with Gasteiger partial charge in [-0.05, 0) is 31.2 Å². The monoisotopic (exact) mass is 441 g/mol. The normalized spacial score (nSPS) is 15.5. The SMILES string of the molecule is COC(=O)c1ccccc1NC(=O)CC(CN1CCCN(c2ncccn2)CC1)C(=O)O. The van der Waals surface area contributed by atoms with E-state index in [1.165, 1.54) is 13.2 Å². The molecule has 10 nitrogen and oxygen atoms in total. The number of hydrogen-bond donors (Lipinski definition) is 2. The number of ether oxygens (including phenoxy) is 1. The number of carboxylic acid groups (broad SMARTS) is 1. The van der Waals surface area contributed by atoms with E-state index in [0.29, 0.717) is 24.7 Å². The summed E-state index contributed by atoms with van der Waals surface area (Å²) in [5.41, 5.74) is 0.507. The molecule has 1 aliphatic heterocycles. The summed E-state index contributed by atoms with van der Waals surface area (Å²) in [5.74, 6) is -2.29. The van der Waals surface area contributed by atoms with Crippen molar-refractivity contribution in [3.63, 3.8) is 0 Å². The van der Waals surface area contributed by atoms with Crippen LogP contribution in [0.2, 0.25) is 0 Å². The molecule has 2 aromatic rings. The van der Waals surface area contributed by atoms with Crippen LogP contribution in [0.1, 0.15) is 23.2 Å². The largest absolute Gasteiger partial charge is 0.481 e. The average Bonchev–Trinajstić information content (AvgIpc) is 3.04. The second kappa shape index (κ2) is 11.2. The van der Waals surface area contributed by atoms with Gasteiger partial charge >= 0.3 is 11.9 Å². The van der Waals surface area contributed by atoms with Crippen molar-refractivity contribution in [2.45, 2.75) is 12.8 Å². The van der Waals surface area contributed by atoms with Gasteiger partial charge in [-0.15, -0.1) is 0 Å². The van der Waals surface area contributed by atoms with Crippen molar-refractivity contribution in [1.29, 1.82) is 0 Å². The molecule has 0 bridgehead atoms. The molecular weight excluding hydrogens is 414 g/mol. The van der Waals surface area contributed by atoms with Gasteiger partial charge in [-0.3, -0.25) is 9.59 Å². The van der Waals surface area contributed by atoms with Crippen LogP contribution in [-0.2, 0) is 14.3 Å². The predicted octanol–water partition coefficient (Wildman–Crippen LogP) is 1.50. The molecular formula is C22H27N5O5. The van der Waals surface area contributed by atoms with Crippen LogP contribution < -0.4 is 10.2 Å². The molecule has 1 aromatic heterocycles. The van der Waals surface area contributed by atoms with E-state index in [4.69, 9.17) is 4.74 Å². The van der Waals surface area contributed by atoms with E-state index >= 15 is 0 Å². The summed E-state index contributed by atoms with van der Waals surface area (Å²) in [4.78, 5) is 49.0. The highest BCUT2D eigenvalue weighted by atomic mass is 16.5. The molecule has 1 amide bonds. The minimum absolute atomic E-state index is 0.202. The summed E-state index contributed by atoms with van der Waals surface area (Å²) in [6, 6.07) is 8.21. The Kier molecular flexibility index (Phi) is 8.09. The highest BCUT2D eigenvalue weighted by Gasteiger charge is 2.26. The number of amides is 1. The zero-order valence-corrected chi connectivity index (χ0v) is 17.9. The van der Waals surface area contributed by atoms with Crippen molar-refractivity contribution < 1.29 is 24.2 Å². The summed E-state index contributed by atoms with van der Waals surface area (Å²) in [6.07, 6.45) is 4.03. The molecule has 2 heterocycles. The van der Waals surface area contributed by atoms with Gasteiger partial charge in [-0.2, -0.15) is 0 Å². The number of rotatable bonds is 8. The van der Waals surface area contributed by atoms with Gasteiger partial charge in [-0.25, -0.2) is 14.8 Å². The van der Waals surface area contributed by atoms with Crippen LogP contribution >= 0.6 is 0 Å². The van der Waals surface area contributed by atoms with Crippen LogP contribution in [0.5, 0.6) is 0 Å². The summed E-state index contributed by atoms with van der Waals surface area (Å²) < 4.78 is 4.73. The molecule has 3 rings (SSSR count). The topological polar surface area (TPSA) is 125 Å². The van der Waals surface area contributed by atoms with Crippen LogP contribution in [0.4, 0.5) is 11.6 Å². The number of aromatic nitrogens is 2. The fraction of sp³-hybridized carbons (Fsp3) is 0.409. The Morgan fingerprint density at radius 2 is 1.84 bits per heavy atom. The lowest BCUT2D eigenvalue weighted by molar-refractivity contribution is -0.144. The van der Waals surface area contributed by atoms with Crippen molar-refractivity contribution in [3.8, 4) is 0 Å². The van der Waals surface area contributed by atoms with E-state index in [0.717, 1.165) is 19.5 Å². The van der Waals surface area contributed by atoms with Crippen molar-refractivity contribution >= 4 is 29.5 Å².